The lowest BCUT2D eigenvalue weighted by Gasteiger charge is -2.17. The van der Waals surface area contributed by atoms with Gasteiger partial charge in [0.25, 0.3) is 0 Å². The highest BCUT2D eigenvalue weighted by molar-refractivity contribution is 8.00. The molecule has 3 aromatic rings. The molecule has 0 N–H and O–H groups in total. The summed E-state index contributed by atoms with van der Waals surface area (Å²) in [4.78, 5) is 22.9. The molecule has 1 unspecified atom stereocenters. The van der Waals surface area contributed by atoms with Crippen LogP contribution in [0.5, 0.6) is 0 Å². The number of carbonyl (C=O) groups excluding carboxylic acids is 1. The van der Waals surface area contributed by atoms with Gasteiger partial charge in [0, 0.05) is 22.6 Å². The summed E-state index contributed by atoms with van der Waals surface area (Å²) in [5.41, 5.74) is 4.73. The van der Waals surface area contributed by atoms with Crippen molar-refractivity contribution in [1.29, 1.82) is 0 Å². The van der Waals surface area contributed by atoms with Crippen LogP contribution in [0.25, 0.3) is 0 Å². The van der Waals surface area contributed by atoms with Crippen molar-refractivity contribution in [2.45, 2.75) is 30.0 Å². The summed E-state index contributed by atoms with van der Waals surface area (Å²) in [6, 6.07) is 13.5. The SMILES string of the molecule is Cc1ccc(CSc2nc3c(s2)C=NC(c2c(C)cccc2Cl)C3=O)cc1. The predicted molar refractivity (Wildman–Crippen MR) is 114 cm³/mol. The molecule has 2 aromatic carbocycles. The van der Waals surface area contributed by atoms with E-state index in [9.17, 15) is 4.79 Å². The van der Waals surface area contributed by atoms with Crippen LogP contribution in [0.4, 0.5) is 0 Å². The van der Waals surface area contributed by atoms with E-state index in [0.29, 0.717) is 10.7 Å². The molecule has 2 heterocycles. The Balaban J connectivity index is 1.56. The number of aromatic nitrogens is 1. The van der Waals surface area contributed by atoms with Crippen LogP contribution in [0.2, 0.25) is 5.02 Å². The first-order valence-corrected chi connectivity index (χ1v) is 10.7. The third-order valence-electron chi connectivity index (χ3n) is 4.48. The van der Waals surface area contributed by atoms with Gasteiger partial charge in [-0.25, -0.2) is 4.98 Å². The molecule has 0 aliphatic carbocycles. The predicted octanol–water partition coefficient (Wildman–Crippen LogP) is 6.06. The number of thiazole rings is 1. The number of halogens is 1. The second kappa shape index (κ2) is 7.58. The number of benzene rings is 2. The average Bonchev–Trinajstić information content (AvgIpc) is 3.07. The zero-order valence-electron chi connectivity index (χ0n) is 14.9. The van der Waals surface area contributed by atoms with Crippen molar-refractivity contribution in [3.63, 3.8) is 0 Å². The van der Waals surface area contributed by atoms with Crippen LogP contribution in [-0.2, 0) is 5.75 Å². The minimum Gasteiger partial charge on any atom is -0.290 e. The normalized spacial score (nSPS) is 15.8. The number of fused-ring (bicyclic) bond motifs is 1. The molecule has 0 saturated heterocycles. The Labute approximate surface area is 171 Å². The number of aliphatic imine (C=N–C) groups is 1. The van der Waals surface area contributed by atoms with Crippen LogP contribution in [0.15, 0.2) is 51.8 Å². The van der Waals surface area contributed by atoms with Gasteiger partial charge in [0.05, 0.1) is 4.88 Å². The van der Waals surface area contributed by atoms with Crippen LogP contribution in [0.3, 0.4) is 0 Å². The molecule has 27 heavy (non-hydrogen) atoms. The molecular formula is C21H17ClN2OS2. The number of hydrogen-bond acceptors (Lipinski definition) is 5. The standard InChI is InChI=1S/C21H17ClN2OS2/c1-12-6-8-14(9-7-12)11-26-21-24-18-16(27-21)10-23-19(20(18)25)17-13(2)4-3-5-15(17)22/h3-10,19H,11H2,1-2H3. The fourth-order valence-electron chi connectivity index (χ4n) is 3.00. The molecular weight excluding hydrogens is 396 g/mol. The average molecular weight is 413 g/mol. The maximum absolute atomic E-state index is 13.0. The third kappa shape index (κ3) is 3.72. The molecule has 1 aliphatic rings. The van der Waals surface area contributed by atoms with Crippen LogP contribution < -0.4 is 0 Å². The van der Waals surface area contributed by atoms with Crippen molar-refractivity contribution in [1.82, 2.24) is 4.98 Å². The van der Waals surface area contributed by atoms with E-state index in [2.05, 4.69) is 41.2 Å². The Hall–Kier alpha value is -1.95. The van der Waals surface area contributed by atoms with Crippen molar-refractivity contribution in [3.8, 4) is 0 Å². The molecule has 1 aromatic heterocycles. The number of ketones is 1. The van der Waals surface area contributed by atoms with Gasteiger partial charge in [-0.3, -0.25) is 9.79 Å². The van der Waals surface area contributed by atoms with Gasteiger partial charge in [-0.1, -0.05) is 65.3 Å². The van der Waals surface area contributed by atoms with Crippen molar-refractivity contribution < 1.29 is 4.79 Å². The first kappa shape index (κ1) is 18.4. The number of nitrogens with zero attached hydrogens (tertiary/aromatic N) is 2. The third-order valence-corrected chi connectivity index (χ3v) is 7.02. The van der Waals surface area contributed by atoms with Crippen molar-refractivity contribution in [3.05, 3.63) is 80.3 Å². The van der Waals surface area contributed by atoms with E-state index in [1.165, 1.54) is 22.5 Å². The molecule has 0 saturated carbocycles. The molecule has 4 rings (SSSR count). The van der Waals surface area contributed by atoms with Gasteiger partial charge in [-0.15, -0.1) is 11.3 Å². The van der Waals surface area contributed by atoms with Crippen LogP contribution in [-0.4, -0.2) is 17.0 Å². The van der Waals surface area contributed by atoms with Crippen molar-refractivity contribution in [2.75, 3.05) is 0 Å². The van der Waals surface area contributed by atoms with Crippen molar-refractivity contribution >= 4 is 46.7 Å². The monoisotopic (exact) mass is 412 g/mol. The molecule has 6 heteroatoms. The Morgan fingerprint density at radius 1 is 1.15 bits per heavy atom. The van der Waals surface area contributed by atoms with E-state index in [-0.39, 0.29) is 5.78 Å². The van der Waals surface area contributed by atoms with E-state index in [4.69, 9.17) is 11.6 Å². The fraction of sp³-hybridized carbons (Fsp3) is 0.190. The second-order valence-corrected chi connectivity index (χ2v) is 9.14. The van der Waals surface area contributed by atoms with Crippen LogP contribution in [0.1, 0.15) is 43.7 Å². The summed E-state index contributed by atoms with van der Waals surface area (Å²) in [6.45, 7) is 4.03. The van der Waals surface area contributed by atoms with Gasteiger partial charge in [-0.05, 0) is 31.0 Å². The smallest absolute Gasteiger partial charge is 0.211 e. The second-order valence-electron chi connectivity index (χ2n) is 6.48. The molecule has 0 bridgehead atoms. The van der Waals surface area contributed by atoms with Gasteiger partial charge < -0.3 is 0 Å². The summed E-state index contributed by atoms with van der Waals surface area (Å²) in [6.07, 6.45) is 1.76. The van der Waals surface area contributed by atoms with Crippen LogP contribution >= 0.6 is 34.7 Å². The minimum atomic E-state index is -0.608. The Bertz CT molecular complexity index is 1020. The summed E-state index contributed by atoms with van der Waals surface area (Å²) in [5.74, 6) is 0.743. The molecule has 3 nitrogen and oxygen atoms in total. The molecule has 0 spiro atoms. The van der Waals surface area contributed by atoms with Crippen molar-refractivity contribution in [2.24, 2.45) is 4.99 Å². The summed E-state index contributed by atoms with van der Waals surface area (Å²) in [5, 5.41) is 0.568. The fourth-order valence-corrected chi connectivity index (χ4v) is 5.33. The topological polar surface area (TPSA) is 42.3 Å². The Morgan fingerprint density at radius 3 is 2.67 bits per heavy atom. The Morgan fingerprint density at radius 2 is 1.93 bits per heavy atom. The molecule has 136 valence electrons. The quantitative estimate of drug-likeness (QED) is 0.489. The lowest BCUT2D eigenvalue weighted by Crippen LogP contribution is -2.18. The number of hydrogen-bond donors (Lipinski definition) is 0. The lowest BCUT2D eigenvalue weighted by atomic mass is 9.95. The van der Waals surface area contributed by atoms with Gasteiger partial charge in [0.2, 0.25) is 5.78 Å². The lowest BCUT2D eigenvalue weighted by molar-refractivity contribution is 0.0955. The maximum atomic E-state index is 13.0. The van der Waals surface area contributed by atoms with E-state index < -0.39 is 6.04 Å². The summed E-state index contributed by atoms with van der Waals surface area (Å²) < 4.78 is 0.886. The summed E-state index contributed by atoms with van der Waals surface area (Å²) in [7, 11) is 0. The minimum absolute atomic E-state index is 0.0814. The zero-order chi connectivity index (χ0) is 19.0. The van der Waals surface area contributed by atoms with Gasteiger partial charge in [-0.2, -0.15) is 0 Å². The zero-order valence-corrected chi connectivity index (χ0v) is 17.3. The van der Waals surface area contributed by atoms with Crippen LogP contribution in [0, 0.1) is 13.8 Å². The van der Waals surface area contributed by atoms with E-state index in [0.717, 1.165) is 26.1 Å². The largest absolute Gasteiger partial charge is 0.290 e. The number of thioether (sulfide) groups is 1. The van der Waals surface area contributed by atoms with Gasteiger partial charge in [0.1, 0.15) is 11.7 Å². The Kier molecular flexibility index (Phi) is 5.17. The van der Waals surface area contributed by atoms with E-state index >= 15 is 0 Å². The number of Topliss-reactive ketones (excluding diaryl/α,β-unsaturated/α-hetero) is 1. The molecule has 1 aliphatic heterocycles. The molecule has 1 atom stereocenters. The number of carbonyl (C=O) groups is 1. The number of rotatable bonds is 4. The maximum Gasteiger partial charge on any atom is 0.211 e. The molecule has 0 amide bonds. The summed E-state index contributed by atoms with van der Waals surface area (Å²) >= 11 is 9.50. The highest BCUT2D eigenvalue weighted by Gasteiger charge is 2.32. The molecule has 0 radical (unpaired) electrons. The number of aryl methyl sites for hydroxylation is 2. The van der Waals surface area contributed by atoms with Gasteiger partial charge in [0.15, 0.2) is 4.34 Å². The molecule has 0 fully saturated rings. The van der Waals surface area contributed by atoms with E-state index in [1.54, 1.807) is 24.0 Å². The van der Waals surface area contributed by atoms with Gasteiger partial charge >= 0.3 is 0 Å². The highest BCUT2D eigenvalue weighted by Crippen LogP contribution is 2.37. The highest BCUT2D eigenvalue weighted by atomic mass is 35.5. The first-order chi connectivity index (χ1) is 13.0. The van der Waals surface area contributed by atoms with E-state index in [1.807, 2.05) is 19.1 Å². The first-order valence-electron chi connectivity index (χ1n) is 8.54.